The molecule has 22 heavy (non-hydrogen) atoms. The lowest BCUT2D eigenvalue weighted by molar-refractivity contribution is -0.134. The SMILES string of the molecule is CC1CNCCN1C(=O)CCCc1ccc2[nH]c(=O)[nH]c2c1. The summed E-state index contributed by atoms with van der Waals surface area (Å²) in [5, 5.41) is 3.29. The summed E-state index contributed by atoms with van der Waals surface area (Å²) in [6.45, 7) is 4.65. The summed E-state index contributed by atoms with van der Waals surface area (Å²) >= 11 is 0. The highest BCUT2D eigenvalue weighted by atomic mass is 16.2. The third-order valence-corrected chi connectivity index (χ3v) is 4.26. The Morgan fingerprint density at radius 1 is 1.32 bits per heavy atom. The van der Waals surface area contributed by atoms with Gasteiger partial charge in [-0.2, -0.15) is 0 Å². The molecule has 118 valence electrons. The largest absolute Gasteiger partial charge is 0.337 e. The van der Waals surface area contributed by atoms with Gasteiger partial charge in [-0.05, 0) is 37.5 Å². The number of nitrogens with zero attached hydrogens (tertiary/aromatic N) is 1. The van der Waals surface area contributed by atoms with Crippen LogP contribution in [0.2, 0.25) is 0 Å². The predicted octanol–water partition coefficient (Wildman–Crippen LogP) is 0.999. The molecule has 2 heterocycles. The molecule has 0 saturated carbocycles. The van der Waals surface area contributed by atoms with E-state index < -0.39 is 0 Å². The van der Waals surface area contributed by atoms with Crippen molar-refractivity contribution < 1.29 is 4.79 Å². The van der Waals surface area contributed by atoms with Gasteiger partial charge in [0, 0.05) is 32.1 Å². The van der Waals surface area contributed by atoms with E-state index in [0.29, 0.717) is 6.42 Å². The Morgan fingerprint density at radius 2 is 2.14 bits per heavy atom. The van der Waals surface area contributed by atoms with E-state index in [0.717, 1.165) is 49.1 Å². The third kappa shape index (κ3) is 3.22. The van der Waals surface area contributed by atoms with Gasteiger partial charge in [-0.15, -0.1) is 0 Å². The molecule has 1 aromatic heterocycles. The van der Waals surface area contributed by atoms with Crippen molar-refractivity contribution in [3.63, 3.8) is 0 Å². The molecule has 1 aliphatic rings. The van der Waals surface area contributed by atoms with Gasteiger partial charge in [-0.1, -0.05) is 6.07 Å². The van der Waals surface area contributed by atoms with Crippen molar-refractivity contribution in [1.82, 2.24) is 20.2 Å². The van der Waals surface area contributed by atoms with Gasteiger partial charge in [0.2, 0.25) is 5.91 Å². The number of carbonyl (C=O) groups excluding carboxylic acids is 1. The molecule has 1 aliphatic heterocycles. The standard InChI is InChI=1S/C16H22N4O2/c1-11-10-17-7-8-20(11)15(21)4-2-3-12-5-6-13-14(9-12)19-16(22)18-13/h5-6,9,11,17H,2-4,7-8,10H2,1H3,(H2,18,19,22). The van der Waals surface area contributed by atoms with E-state index in [-0.39, 0.29) is 17.6 Å². The number of aromatic amines is 2. The molecule has 2 aromatic rings. The second-order valence-electron chi connectivity index (χ2n) is 5.95. The van der Waals surface area contributed by atoms with E-state index >= 15 is 0 Å². The van der Waals surface area contributed by atoms with Crippen LogP contribution < -0.4 is 11.0 Å². The van der Waals surface area contributed by atoms with Crippen molar-refractivity contribution >= 4 is 16.9 Å². The number of nitrogens with one attached hydrogen (secondary N) is 3. The first-order chi connectivity index (χ1) is 10.6. The van der Waals surface area contributed by atoms with E-state index in [1.54, 1.807) is 0 Å². The summed E-state index contributed by atoms with van der Waals surface area (Å²) in [6, 6.07) is 6.17. The van der Waals surface area contributed by atoms with Crippen LogP contribution in [0, 0.1) is 0 Å². The molecule has 1 amide bonds. The Hall–Kier alpha value is -2.08. The molecule has 1 unspecified atom stereocenters. The maximum Gasteiger partial charge on any atom is 0.323 e. The van der Waals surface area contributed by atoms with Crippen molar-refractivity contribution in [3.05, 3.63) is 34.2 Å². The summed E-state index contributed by atoms with van der Waals surface area (Å²) in [5.74, 6) is 0.241. The Morgan fingerprint density at radius 3 is 2.95 bits per heavy atom. The van der Waals surface area contributed by atoms with Crippen LogP contribution >= 0.6 is 0 Å². The minimum Gasteiger partial charge on any atom is -0.337 e. The van der Waals surface area contributed by atoms with Crippen LogP contribution in [0.3, 0.4) is 0 Å². The lowest BCUT2D eigenvalue weighted by Crippen LogP contribution is -2.52. The van der Waals surface area contributed by atoms with E-state index in [9.17, 15) is 9.59 Å². The molecular weight excluding hydrogens is 280 g/mol. The van der Waals surface area contributed by atoms with Gasteiger partial charge in [0.15, 0.2) is 0 Å². The van der Waals surface area contributed by atoms with Gasteiger partial charge in [0.1, 0.15) is 0 Å². The fourth-order valence-corrected chi connectivity index (χ4v) is 3.03. The highest BCUT2D eigenvalue weighted by Crippen LogP contribution is 2.14. The van der Waals surface area contributed by atoms with Gasteiger partial charge in [-0.25, -0.2) is 4.79 Å². The molecule has 3 N–H and O–H groups in total. The number of imidazole rings is 1. The molecule has 0 radical (unpaired) electrons. The fourth-order valence-electron chi connectivity index (χ4n) is 3.03. The Balaban J connectivity index is 1.55. The topological polar surface area (TPSA) is 81.0 Å². The number of fused-ring (bicyclic) bond motifs is 1. The number of benzene rings is 1. The predicted molar refractivity (Wildman–Crippen MR) is 85.9 cm³/mol. The van der Waals surface area contributed by atoms with Crippen molar-refractivity contribution in [1.29, 1.82) is 0 Å². The summed E-state index contributed by atoms with van der Waals surface area (Å²) in [6.07, 6.45) is 2.25. The summed E-state index contributed by atoms with van der Waals surface area (Å²) in [7, 11) is 0. The van der Waals surface area contributed by atoms with Gasteiger partial charge in [0.25, 0.3) is 0 Å². The van der Waals surface area contributed by atoms with E-state index in [4.69, 9.17) is 0 Å². The molecule has 3 rings (SSSR count). The monoisotopic (exact) mass is 302 g/mol. The average Bonchev–Trinajstić information content (AvgIpc) is 2.87. The first-order valence-electron chi connectivity index (χ1n) is 7.84. The zero-order chi connectivity index (χ0) is 15.5. The Labute approximate surface area is 128 Å². The average molecular weight is 302 g/mol. The lowest BCUT2D eigenvalue weighted by Gasteiger charge is -2.34. The molecule has 0 bridgehead atoms. The van der Waals surface area contributed by atoms with Crippen LogP contribution in [0.15, 0.2) is 23.0 Å². The van der Waals surface area contributed by atoms with Crippen molar-refractivity contribution in [2.24, 2.45) is 0 Å². The molecule has 6 heteroatoms. The minimum absolute atomic E-state index is 0.185. The number of rotatable bonds is 4. The molecule has 0 aliphatic carbocycles. The van der Waals surface area contributed by atoms with E-state index in [1.165, 1.54) is 0 Å². The Bertz CT molecular complexity index is 718. The number of aromatic nitrogens is 2. The molecule has 1 aromatic carbocycles. The number of hydrogen-bond acceptors (Lipinski definition) is 3. The number of carbonyl (C=O) groups is 1. The van der Waals surface area contributed by atoms with Crippen LogP contribution in [0.25, 0.3) is 11.0 Å². The van der Waals surface area contributed by atoms with Crippen LogP contribution in [0.5, 0.6) is 0 Å². The van der Waals surface area contributed by atoms with Gasteiger partial charge < -0.3 is 20.2 Å². The maximum absolute atomic E-state index is 12.3. The highest BCUT2D eigenvalue weighted by molar-refractivity contribution is 5.77. The number of H-pyrrole nitrogens is 2. The second kappa shape index (κ2) is 6.36. The van der Waals surface area contributed by atoms with Crippen molar-refractivity contribution in [3.8, 4) is 0 Å². The normalized spacial score (nSPS) is 18.8. The summed E-state index contributed by atoms with van der Waals surface area (Å²) in [4.78, 5) is 31.0. The van der Waals surface area contributed by atoms with Crippen LogP contribution in [0.1, 0.15) is 25.3 Å². The molecular formula is C16H22N4O2. The zero-order valence-corrected chi connectivity index (χ0v) is 12.8. The van der Waals surface area contributed by atoms with Gasteiger partial charge >= 0.3 is 5.69 Å². The molecule has 1 saturated heterocycles. The Kier molecular flexibility index (Phi) is 4.29. The molecule has 0 spiro atoms. The van der Waals surface area contributed by atoms with Gasteiger partial charge in [-0.3, -0.25) is 4.79 Å². The quantitative estimate of drug-likeness (QED) is 0.788. The first kappa shape index (κ1) is 14.8. The number of piperazine rings is 1. The van der Waals surface area contributed by atoms with Crippen molar-refractivity contribution in [2.75, 3.05) is 19.6 Å². The maximum atomic E-state index is 12.3. The fraction of sp³-hybridized carbons (Fsp3) is 0.500. The lowest BCUT2D eigenvalue weighted by atomic mass is 10.1. The number of hydrogen-bond donors (Lipinski definition) is 3. The third-order valence-electron chi connectivity index (χ3n) is 4.26. The van der Waals surface area contributed by atoms with E-state index in [1.807, 2.05) is 23.1 Å². The number of amides is 1. The smallest absolute Gasteiger partial charge is 0.323 e. The van der Waals surface area contributed by atoms with Gasteiger partial charge in [0.05, 0.1) is 11.0 Å². The van der Waals surface area contributed by atoms with Crippen LogP contribution in [-0.2, 0) is 11.2 Å². The summed E-state index contributed by atoms with van der Waals surface area (Å²) < 4.78 is 0. The highest BCUT2D eigenvalue weighted by Gasteiger charge is 2.22. The van der Waals surface area contributed by atoms with Crippen LogP contribution in [0.4, 0.5) is 0 Å². The zero-order valence-electron chi connectivity index (χ0n) is 12.8. The number of aryl methyl sites for hydroxylation is 1. The van der Waals surface area contributed by atoms with Crippen molar-refractivity contribution in [2.45, 2.75) is 32.2 Å². The first-order valence-corrected chi connectivity index (χ1v) is 7.84. The summed E-state index contributed by atoms with van der Waals surface area (Å²) in [5.41, 5.74) is 2.60. The second-order valence-corrected chi connectivity index (χ2v) is 5.95. The van der Waals surface area contributed by atoms with E-state index in [2.05, 4.69) is 22.2 Å². The molecule has 6 nitrogen and oxygen atoms in total. The van der Waals surface area contributed by atoms with Crippen LogP contribution in [-0.4, -0.2) is 46.5 Å². The molecule has 1 atom stereocenters. The minimum atomic E-state index is -0.185. The molecule has 1 fully saturated rings.